The number of furan rings is 1. The van der Waals surface area contributed by atoms with Crippen molar-refractivity contribution in [3.63, 3.8) is 0 Å². The van der Waals surface area contributed by atoms with Crippen LogP contribution in [0.5, 0.6) is 11.5 Å². The van der Waals surface area contributed by atoms with Gasteiger partial charge in [0.05, 0.1) is 27.0 Å². The zero-order valence-electron chi connectivity index (χ0n) is 27.8. The predicted octanol–water partition coefficient (Wildman–Crippen LogP) is 7.69. The van der Waals surface area contributed by atoms with Gasteiger partial charge in [-0.15, -0.1) is 0 Å². The lowest BCUT2D eigenvalue weighted by Crippen LogP contribution is -2.40. The summed E-state index contributed by atoms with van der Waals surface area (Å²) < 4.78 is 17.2. The number of allylic oxidation sites excluding steroid dienone is 2. The second-order valence-electron chi connectivity index (χ2n) is 11.0. The number of carbonyl (C=O) groups is 1. The van der Waals surface area contributed by atoms with E-state index in [1.54, 1.807) is 14.2 Å². The topological polar surface area (TPSA) is 55.2 Å². The van der Waals surface area contributed by atoms with Crippen molar-refractivity contribution in [2.75, 3.05) is 40.4 Å². The zero-order valence-corrected chi connectivity index (χ0v) is 27.8. The number of ether oxygens (including phenoxy) is 2. The molecule has 0 spiro atoms. The van der Waals surface area contributed by atoms with Gasteiger partial charge >= 0.3 is 0 Å². The molecule has 2 aromatic rings. The minimum atomic E-state index is 0.133. The Bertz CT molecular complexity index is 1610. The van der Waals surface area contributed by atoms with Crippen molar-refractivity contribution in [1.29, 1.82) is 0 Å². The Morgan fingerprint density at radius 1 is 1.00 bits per heavy atom. The summed E-state index contributed by atoms with van der Waals surface area (Å²) >= 11 is 0. The molecule has 45 heavy (non-hydrogen) atoms. The van der Waals surface area contributed by atoms with Crippen LogP contribution in [0.1, 0.15) is 67.0 Å². The van der Waals surface area contributed by atoms with Crippen LogP contribution < -0.4 is 9.47 Å². The highest BCUT2D eigenvalue weighted by molar-refractivity contribution is 5.98. The highest BCUT2D eigenvalue weighted by Gasteiger charge is 2.27. The largest absolute Gasteiger partial charge is 0.497 e. The molecular formula is C39H46N2O4. The maximum atomic E-state index is 13.9. The van der Waals surface area contributed by atoms with E-state index in [0.29, 0.717) is 19.5 Å². The van der Waals surface area contributed by atoms with Crippen LogP contribution in [0, 0.1) is 13.8 Å². The minimum Gasteiger partial charge on any atom is -0.497 e. The number of aryl methyl sites for hydroxylation is 1. The van der Waals surface area contributed by atoms with Gasteiger partial charge in [0.2, 0.25) is 0 Å². The quantitative estimate of drug-likeness (QED) is 0.316. The molecule has 6 heteroatoms. The Hall–Kier alpha value is -4.57. The molecule has 0 bridgehead atoms. The Morgan fingerprint density at radius 3 is 2.31 bits per heavy atom. The summed E-state index contributed by atoms with van der Waals surface area (Å²) in [6.45, 7) is 19.0. The summed E-state index contributed by atoms with van der Waals surface area (Å²) in [5.41, 5.74) is 21.3. The first kappa shape index (κ1) is 34.9. The first-order valence-corrected chi connectivity index (χ1v) is 15.6. The van der Waals surface area contributed by atoms with Crippen molar-refractivity contribution in [2.45, 2.75) is 65.8 Å². The van der Waals surface area contributed by atoms with Gasteiger partial charge in [0.25, 0.3) is 5.91 Å². The van der Waals surface area contributed by atoms with E-state index in [-0.39, 0.29) is 11.8 Å². The summed E-state index contributed by atoms with van der Waals surface area (Å²) in [5, 5.41) is 0. The highest BCUT2D eigenvalue weighted by atomic mass is 16.5. The molecule has 1 unspecified atom stereocenters. The number of carbonyl (C=O) groups excluding carboxylic acids is 1. The fourth-order valence-corrected chi connectivity index (χ4v) is 5.72. The van der Waals surface area contributed by atoms with E-state index in [4.69, 9.17) is 13.9 Å². The Labute approximate surface area is 269 Å². The third kappa shape index (κ3) is 9.21. The van der Waals surface area contributed by atoms with Crippen molar-refractivity contribution < 1.29 is 18.7 Å². The number of hydrogen-bond donors (Lipinski definition) is 0. The molecule has 6 nitrogen and oxygen atoms in total. The summed E-state index contributed by atoms with van der Waals surface area (Å²) in [7, 11) is 3.40. The lowest BCUT2D eigenvalue weighted by molar-refractivity contribution is -0.127. The molecule has 4 rings (SSSR count). The van der Waals surface area contributed by atoms with Crippen LogP contribution in [0.15, 0.2) is 93.7 Å². The van der Waals surface area contributed by atoms with Crippen LogP contribution in [0.4, 0.5) is 0 Å². The average Bonchev–Trinajstić information content (AvgIpc) is 3.36. The van der Waals surface area contributed by atoms with Gasteiger partial charge in [0, 0.05) is 42.8 Å². The second-order valence-corrected chi connectivity index (χ2v) is 11.0. The average molecular weight is 607 g/mol. The summed E-state index contributed by atoms with van der Waals surface area (Å²) in [6.07, 6.45) is 9.78. The fraction of sp³-hybridized carbons (Fsp3) is 0.410. The zero-order chi connectivity index (χ0) is 32.8. The number of rotatable bonds is 6. The van der Waals surface area contributed by atoms with Crippen LogP contribution in [0.25, 0.3) is 0 Å². The van der Waals surface area contributed by atoms with E-state index < -0.39 is 0 Å². The molecule has 1 atom stereocenters. The molecule has 1 saturated heterocycles. The van der Waals surface area contributed by atoms with Gasteiger partial charge in [-0.05, 0) is 117 Å². The first-order chi connectivity index (χ1) is 21.8. The van der Waals surface area contributed by atoms with E-state index >= 15 is 0 Å². The fourth-order valence-electron chi connectivity index (χ4n) is 5.72. The monoisotopic (exact) mass is 606 g/mol. The third-order valence-corrected chi connectivity index (χ3v) is 8.37. The van der Waals surface area contributed by atoms with Crippen LogP contribution in [0.2, 0.25) is 0 Å². The number of fused-ring (bicyclic) bond motifs is 2. The number of nitrogens with zero attached hydrogens (tertiary/aromatic N) is 2. The number of amides is 1. The summed E-state index contributed by atoms with van der Waals surface area (Å²) in [5.74, 6) is 2.97. The van der Waals surface area contributed by atoms with E-state index in [9.17, 15) is 4.79 Å². The Kier molecular flexibility index (Phi) is 13.7. The van der Waals surface area contributed by atoms with Crippen LogP contribution in [-0.4, -0.2) is 56.1 Å². The molecule has 1 amide bonds. The number of benzene rings is 1. The molecule has 1 aromatic heterocycles. The predicted molar refractivity (Wildman–Crippen MR) is 180 cm³/mol. The standard InChI is InChI=1S/C31H42N2O4.C8H4/c1-7-23-16-24-10-9-13-32(19-29-22(4)21(3)20-37-29)14-15-33(8-2)31(34)27(24)12-11-25-17-26(35-5)18-28(36-6)30(23)25;1-3-5-7-8-6-4-2/h12,16-18,20,23H,7-11,13-15,19H2,1-6H3;1-2H2/b24-16-,27-12+;. The smallest absolute Gasteiger partial charge is 0.253 e. The molecule has 0 N–H and O–H groups in total. The van der Waals surface area contributed by atoms with E-state index in [0.717, 1.165) is 72.9 Å². The van der Waals surface area contributed by atoms with Crippen molar-refractivity contribution in [1.82, 2.24) is 9.80 Å². The first-order valence-electron chi connectivity index (χ1n) is 15.6. The van der Waals surface area contributed by atoms with E-state index in [2.05, 4.69) is 98.4 Å². The van der Waals surface area contributed by atoms with Crippen molar-refractivity contribution in [2.24, 2.45) is 0 Å². The van der Waals surface area contributed by atoms with Crippen LogP contribution in [-0.2, 0) is 17.8 Å². The number of hydrogen-bond acceptors (Lipinski definition) is 5. The van der Waals surface area contributed by atoms with Crippen LogP contribution >= 0.6 is 0 Å². The SMILES string of the molecule is C=C=C=C=C=C=C=C.CCC1/C=C2/CCCN(Cc3occ(C)c3C)CCN(CC)C(=O)/C2=C/Cc2cc(OC)cc(OC)c21. The highest BCUT2D eigenvalue weighted by Crippen LogP contribution is 2.40. The molecule has 1 aliphatic carbocycles. The molecule has 236 valence electrons. The summed E-state index contributed by atoms with van der Waals surface area (Å²) in [4.78, 5) is 18.3. The van der Waals surface area contributed by atoms with Gasteiger partial charge in [-0.25, -0.2) is 0 Å². The lowest BCUT2D eigenvalue weighted by Gasteiger charge is -2.31. The molecule has 0 saturated carbocycles. The van der Waals surface area contributed by atoms with Gasteiger partial charge in [-0.3, -0.25) is 9.69 Å². The molecular weight excluding hydrogens is 560 g/mol. The van der Waals surface area contributed by atoms with E-state index in [1.807, 2.05) is 17.2 Å². The van der Waals surface area contributed by atoms with Crippen molar-refractivity contribution >= 4 is 5.91 Å². The third-order valence-electron chi connectivity index (χ3n) is 8.37. The Balaban J connectivity index is 0.000000610. The van der Waals surface area contributed by atoms with Crippen molar-refractivity contribution in [3.8, 4) is 11.5 Å². The van der Waals surface area contributed by atoms with Crippen LogP contribution in [0.3, 0.4) is 0 Å². The molecule has 1 fully saturated rings. The maximum Gasteiger partial charge on any atom is 0.253 e. The lowest BCUT2D eigenvalue weighted by atomic mass is 9.83. The number of methoxy groups -OCH3 is 2. The molecule has 2 aliphatic rings. The van der Waals surface area contributed by atoms with Crippen molar-refractivity contribution in [3.05, 3.63) is 117 Å². The van der Waals surface area contributed by atoms with Gasteiger partial charge < -0.3 is 18.8 Å². The van der Waals surface area contributed by atoms with Gasteiger partial charge in [-0.2, -0.15) is 0 Å². The second kappa shape index (κ2) is 17.7. The molecule has 2 heterocycles. The molecule has 1 aromatic carbocycles. The van der Waals surface area contributed by atoms with Gasteiger partial charge in [0.15, 0.2) is 0 Å². The molecule has 1 aliphatic heterocycles. The maximum absolute atomic E-state index is 13.9. The van der Waals surface area contributed by atoms with E-state index in [1.165, 1.54) is 16.7 Å². The number of likely N-dealkylation sites (N-methyl/N-ethyl adjacent to an activating group) is 1. The van der Waals surface area contributed by atoms with Gasteiger partial charge in [0.1, 0.15) is 17.3 Å². The molecule has 0 radical (unpaired) electrons. The minimum absolute atomic E-state index is 0.133. The Morgan fingerprint density at radius 2 is 1.73 bits per heavy atom. The van der Waals surface area contributed by atoms with Gasteiger partial charge in [-0.1, -0.05) is 30.5 Å². The summed E-state index contributed by atoms with van der Waals surface area (Å²) in [6, 6.07) is 4.06. The normalized spacial score (nSPS) is 18.8.